The fourth-order valence-electron chi connectivity index (χ4n) is 2.72. The fourth-order valence-corrected chi connectivity index (χ4v) is 4.19. The van der Waals surface area contributed by atoms with Gasteiger partial charge in [-0.3, -0.25) is 0 Å². The number of nitrogens with one attached hydrogen (secondary N) is 1. The van der Waals surface area contributed by atoms with Crippen LogP contribution in [0.3, 0.4) is 0 Å². The second kappa shape index (κ2) is 6.70. The Kier molecular flexibility index (Phi) is 5.18. The van der Waals surface area contributed by atoms with Crippen LogP contribution < -0.4 is 4.72 Å². The van der Waals surface area contributed by atoms with Gasteiger partial charge in [-0.05, 0) is 44.2 Å². The lowest BCUT2D eigenvalue weighted by atomic mass is 10.1. The van der Waals surface area contributed by atoms with Gasteiger partial charge in [0, 0.05) is 19.1 Å². The Hall–Kier alpha value is -0.910. The minimum Gasteiger partial charge on any atom is -0.202 e. The highest BCUT2D eigenvalue weighted by Crippen LogP contribution is 2.19. The second-order valence-corrected chi connectivity index (χ2v) is 7.24. The highest BCUT2D eigenvalue weighted by molar-refractivity contribution is 7.87. The summed E-state index contributed by atoms with van der Waals surface area (Å²) < 4.78 is 28.9. The third-order valence-corrected chi connectivity index (χ3v) is 5.72. The Morgan fingerprint density at radius 1 is 1.30 bits per heavy atom. The summed E-state index contributed by atoms with van der Waals surface area (Å²) in [5, 5.41) is 0. The molecule has 1 aromatic carbocycles. The molecule has 2 rings (SSSR count). The number of benzene rings is 1. The maximum absolute atomic E-state index is 12.3. The fraction of sp³-hybridized carbons (Fsp3) is 0.600. The van der Waals surface area contributed by atoms with Gasteiger partial charge < -0.3 is 0 Å². The molecule has 1 saturated heterocycles. The summed E-state index contributed by atoms with van der Waals surface area (Å²) in [5.74, 6) is 0. The molecule has 1 fully saturated rings. The van der Waals surface area contributed by atoms with Gasteiger partial charge in [0.2, 0.25) is 0 Å². The molecule has 0 saturated carbocycles. The lowest BCUT2D eigenvalue weighted by Gasteiger charge is -2.32. The van der Waals surface area contributed by atoms with Gasteiger partial charge in [-0.15, -0.1) is 0 Å². The molecular weight excluding hydrogens is 272 g/mol. The SMILES string of the molecule is Cc1ccccc1CCNS(=O)(=O)N1CCCCC1C. The standard InChI is InChI=1S/C15H24N2O2S/c1-13-7-3-4-9-15(13)10-11-16-20(18,19)17-12-6-5-8-14(17)2/h3-4,7,9,14,16H,5-6,8,10-12H2,1-2H3. The van der Waals surface area contributed by atoms with E-state index < -0.39 is 10.2 Å². The van der Waals surface area contributed by atoms with Crippen molar-refractivity contribution in [2.24, 2.45) is 0 Å². The Bertz CT molecular complexity index is 543. The van der Waals surface area contributed by atoms with Crippen LogP contribution in [0, 0.1) is 6.92 Å². The summed E-state index contributed by atoms with van der Waals surface area (Å²) >= 11 is 0. The molecule has 0 bridgehead atoms. The molecule has 20 heavy (non-hydrogen) atoms. The largest absolute Gasteiger partial charge is 0.279 e. The Balaban J connectivity index is 1.91. The van der Waals surface area contributed by atoms with Crippen LogP contribution in [0.1, 0.15) is 37.3 Å². The lowest BCUT2D eigenvalue weighted by Crippen LogP contribution is -2.48. The first-order chi connectivity index (χ1) is 9.50. The average Bonchev–Trinajstić information content (AvgIpc) is 2.41. The highest BCUT2D eigenvalue weighted by Gasteiger charge is 2.28. The summed E-state index contributed by atoms with van der Waals surface area (Å²) in [7, 11) is -3.33. The monoisotopic (exact) mass is 296 g/mol. The highest BCUT2D eigenvalue weighted by atomic mass is 32.2. The molecule has 1 aliphatic rings. The van der Waals surface area contributed by atoms with Crippen molar-refractivity contribution in [3.8, 4) is 0 Å². The third kappa shape index (κ3) is 3.81. The molecule has 1 N–H and O–H groups in total. The number of rotatable bonds is 5. The zero-order chi connectivity index (χ0) is 14.6. The molecule has 1 aromatic rings. The van der Waals surface area contributed by atoms with Gasteiger partial charge in [-0.2, -0.15) is 12.7 Å². The number of hydrogen-bond acceptors (Lipinski definition) is 2. The zero-order valence-corrected chi connectivity index (χ0v) is 13.1. The summed E-state index contributed by atoms with van der Waals surface area (Å²) in [5.41, 5.74) is 2.40. The lowest BCUT2D eigenvalue weighted by molar-refractivity contribution is 0.265. The molecule has 0 amide bonds. The van der Waals surface area contributed by atoms with Crippen LogP contribution in [0.15, 0.2) is 24.3 Å². The first kappa shape index (κ1) is 15.5. The van der Waals surface area contributed by atoms with Crippen molar-refractivity contribution >= 4 is 10.2 Å². The molecular formula is C15H24N2O2S. The molecule has 5 heteroatoms. The van der Waals surface area contributed by atoms with E-state index in [1.54, 1.807) is 4.31 Å². The van der Waals surface area contributed by atoms with E-state index in [0.29, 0.717) is 13.1 Å². The van der Waals surface area contributed by atoms with E-state index in [2.05, 4.69) is 17.7 Å². The van der Waals surface area contributed by atoms with Crippen molar-refractivity contribution in [1.29, 1.82) is 0 Å². The van der Waals surface area contributed by atoms with Gasteiger partial charge in [-0.1, -0.05) is 30.7 Å². The van der Waals surface area contributed by atoms with Crippen LogP contribution in [-0.2, 0) is 16.6 Å². The van der Waals surface area contributed by atoms with E-state index in [9.17, 15) is 8.42 Å². The number of hydrogen-bond donors (Lipinski definition) is 1. The van der Waals surface area contributed by atoms with Crippen molar-refractivity contribution < 1.29 is 8.42 Å². The predicted molar refractivity (Wildman–Crippen MR) is 81.8 cm³/mol. The van der Waals surface area contributed by atoms with Crippen molar-refractivity contribution in [2.45, 2.75) is 45.6 Å². The summed E-state index contributed by atoms with van der Waals surface area (Å²) in [6.45, 7) is 5.13. The number of aryl methyl sites for hydroxylation is 1. The predicted octanol–water partition coefficient (Wildman–Crippen LogP) is 2.25. The first-order valence-electron chi connectivity index (χ1n) is 7.31. The Labute approximate surface area is 122 Å². The van der Waals surface area contributed by atoms with Crippen LogP contribution in [0.4, 0.5) is 0 Å². The van der Waals surface area contributed by atoms with E-state index in [-0.39, 0.29) is 6.04 Å². The van der Waals surface area contributed by atoms with Crippen LogP contribution in [-0.4, -0.2) is 31.9 Å². The van der Waals surface area contributed by atoms with Crippen LogP contribution in [0.5, 0.6) is 0 Å². The summed E-state index contributed by atoms with van der Waals surface area (Å²) in [6, 6.07) is 8.20. The Morgan fingerprint density at radius 2 is 2.05 bits per heavy atom. The molecule has 112 valence electrons. The topological polar surface area (TPSA) is 49.4 Å². The van der Waals surface area contributed by atoms with Crippen LogP contribution >= 0.6 is 0 Å². The van der Waals surface area contributed by atoms with E-state index >= 15 is 0 Å². The molecule has 0 radical (unpaired) electrons. The van der Waals surface area contributed by atoms with E-state index in [0.717, 1.165) is 25.7 Å². The van der Waals surface area contributed by atoms with Crippen molar-refractivity contribution in [2.75, 3.05) is 13.1 Å². The van der Waals surface area contributed by atoms with Gasteiger partial charge in [0.1, 0.15) is 0 Å². The number of nitrogens with zero attached hydrogens (tertiary/aromatic N) is 1. The minimum atomic E-state index is -3.33. The van der Waals surface area contributed by atoms with E-state index in [4.69, 9.17) is 0 Å². The van der Waals surface area contributed by atoms with Crippen molar-refractivity contribution in [1.82, 2.24) is 9.03 Å². The Morgan fingerprint density at radius 3 is 2.75 bits per heavy atom. The summed E-state index contributed by atoms with van der Waals surface area (Å²) in [6.07, 6.45) is 3.77. The summed E-state index contributed by atoms with van der Waals surface area (Å²) in [4.78, 5) is 0. The molecule has 1 heterocycles. The average molecular weight is 296 g/mol. The molecule has 1 atom stereocenters. The zero-order valence-electron chi connectivity index (χ0n) is 12.3. The van der Waals surface area contributed by atoms with Gasteiger partial charge in [0.25, 0.3) is 10.2 Å². The maximum atomic E-state index is 12.3. The first-order valence-corrected chi connectivity index (χ1v) is 8.75. The van der Waals surface area contributed by atoms with Crippen LogP contribution in [0.25, 0.3) is 0 Å². The van der Waals surface area contributed by atoms with Gasteiger partial charge in [0.15, 0.2) is 0 Å². The normalized spacial score (nSPS) is 21.0. The molecule has 0 spiro atoms. The van der Waals surface area contributed by atoms with Crippen molar-refractivity contribution in [3.05, 3.63) is 35.4 Å². The number of piperidine rings is 1. The van der Waals surface area contributed by atoms with Crippen LogP contribution in [0.2, 0.25) is 0 Å². The van der Waals surface area contributed by atoms with Gasteiger partial charge in [-0.25, -0.2) is 4.72 Å². The van der Waals surface area contributed by atoms with Gasteiger partial charge >= 0.3 is 0 Å². The smallest absolute Gasteiger partial charge is 0.202 e. The molecule has 0 aliphatic carbocycles. The molecule has 4 nitrogen and oxygen atoms in total. The third-order valence-electron chi connectivity index (χ3n) is 3.99. The molecule has 1 unspecified atom stereocenters. The van der Waals surface area contributed by atoms with E-state index in [1.165, 1.54) is 11.1 Å². The van der Waals surface area contributed by atoms with Crippen molar-refractivity contribution in [3.63, 3.8) is 0 Å². The molecule has 0 aromatic heterocycles. The molecule has 1 aliphatic heterocycles. The maximum Gasteiger partial charge on any atom is 0.279 e. The van der Waals surface area contributed by atoms with Gasteiger partial charge in [0.05, 0.1) is 0 Å². The van der Waals surface area contributed by atoms with E-state index in [1.807, 2.05) is 25.1 Å². The quantitative estimate of drug-likeness (QED) is 0.906. The minimum absolute atomic E-state index is 0.111. The second-order valence-electron chi connectivity index (χ2n) is 5.53.